The van der Waals surface area contributed by atoms with Gasteiger partial charge < -0.3 is 21.0 Å². The molecular formula is C26H35F2N9. The largest absolute Gasteiger partial charge is 0.395 e. The molecule has 0 unspecified atom stereocenters. The Morgan fingerprint density at radius 2 is 1.92 bits per heavy atom. The second-order valence-corrected chi connectivity index (χ2v) is 9.89. The van der Waals surface area contributed by atoms with Crippen molar-refractivity contribution in [3.05, 3.63) is 53.4 Å². The van der Waals surface area contributed by atoms with Crippen LogP contribution in [0.3, 0.4) is 0 Å². The van der Waals surface area contributed by atoms with E-state index in [-0.39, 0.29) is 34.6 Å². The Morgan fingerprint density at radius 1 is 1.14 bits per heavy atom. The number of nitrogens with one attached hydrogen (secondary N) is 1. The lowest BCUT2D eigenvalue weighted by Crippen LogP contribution is -2.38. The number of aromatic nitrogens is 3. The predicted molar refractivity (Wildman–Crippen MR) is 143 cm³/mol. The monoisotopic (exact) mass is 511 g/mol. The third-order valence-electron chi connectivity index (χ3n) is 6.41. The molecular weight excluding hydrogens is 476 g/mol. The Bertz CT molecular complexity index is 1250. The van der Waals surface area contributed by atoms with Crippen LogP contribution in [0.1, 0.15) is 31.5 Å². The first-order valence-electron chi connectivity index (χ1n) is 12.4. The fraction of sp³-hybridized carbons (Fsp3) is 0.423. The molecule has 0 bridgehead atoms. The topological polar surface area (TPSA) is 112 Å². The first-order valence-corrected chi connectivity index (χ1v) is 12.4. The third kappa shape index (κ3) is 6.30. The van der Waals surface area contributed by atoms with Crippen molar-refractivity contribution in [2.45, 2.75) is 39.3 Å². The van der Waals surface area contributed by atoms with E-state index < -0.39 is 11.6 Å². The molecule has 9 nitrogen and oxygen atoms in total. The minimum Gasteiger partial charge on any atom is -0.395 e. The van der Waals surface area contributed by atoms with Crippen molar-refractivity contribution in [1.82, 2.24) is 24.8 Å². The lowest BCUT2D eigenvalue weighted by atomic mass is 10.1. The summed E-state index contributed by atoms with van der Waals surface area (Å²) in [5.74, 6) is 5.38. The third-order valence-corrected chi connectivity index (χ3v) is 6.41. The van der Waals surface area contributed by atoms with Gasteiger partial charge in [0.05, 0.1) is 17.6 Å². The number of pyridine rings is 1. The Hall–Kier alpha value is -3.41. The van der Waals surface area contributed by atoms with Crippen LogP contribution in [0, 0.1) is 11.6 Å². The van der Waals surface area contributed by atoms with Crippen LogP contribution in [-0.2, 0) is 13.0 Å². The summed E-state index contributed by atoms with van der Waals surface area (Å²) in [5.41, 5.74) is 8.39. The van der Waals surface area contributed by atoms with Crippen molar-refractivity contribution < 1.29 is 8.78 Å². The Morgan fingerprint density at radius 3 is 2.65 bits per heavy atom. The maximum absolute atomic E-state index is 14.7. The molecule has 5 N–H and O–H groups in total. The van der Waals surface area contributed by atoms with Crippen LogP contribution in [0.5, 0.6) is 0 Å². The van der Waals surface area contributed by atoms with E-state index in [2.05, 4.69) is 45.2 Å². The molecule has 1 aromatic carbocycles. The summed E-state index contributed by atoms with van der Waals surface area (Å²) in [4.78, 5) is 17.7. The van der Waals surface area contributed by atoms with E-state index >= 15 is 0 Å². The van der Waals surface area contributed by atoms with Gasteiger partial charge in [-0.15, -0.1) is 0 Å². The lowest BCUT2D eigenvalue weighted by Gasteiger charge is -2.28. The molecule has 0 radical (unpaired) electrons. The SMILES string of the molecule is CC(C)N(N)c1cc(-c2nc(Nc3ccc4c(n3)CCN(CCCN(C)C)C4)ncc2F)cc(F)c1N. The zero-order chi connectivity index (χ0) is 26.7. The van der Waals surface area contributed by atoms with Crippen LogP contribution in [0.4, 0.5) is 31.9 Å². The highest BCUT2D eigenvalue weighted by Crippen LogP contribution is 2.33. The van der Waals surface area contributed by atoms with Gasteiger partial charge in [-0.2, -0.15) is 0 Å². The van der Waals surface area contributed by atoms with Crippen LogP contribution in [0.15, 0.2) is 30.5 Å². The van der Waals surface area contributed by atoms with Gasteiger partial charge in [0.2, 0.25) is 5.95 Å². The van der Waals surface area contributed by atoms with Gasteiger partial charge in [-0.3, -0.25) is 4.90 Å². The van der Waals surface area contributed by atoms with Crippen molar-refractivity contribution in [1.29, 1.82) is 0 Å². The smallest absolute Gasteiger partial charge is 0.229 e. The van der Waals surface area contributed by atoms with Crippen molar-refractivity contribution in [2.75, 3.05) is 49.8 Å². The highest BCUT2D eigenvalue weighted by molar-refractivity contribution is 5.76. The van der Waals surface area contributed by atoms with Crippen molar-refractivity contribution in [3.63, 3.8) is 0 Å². The summed E-state index contributed by atoms with van der Waals surface area (Å²) < 4.78 is 29.4. The maximum Gasteiger partial charge on any atom is 0.229 e. The minimum atomic E-state index is -0.705. The number of hydrazine groups is 1. The van der Waals surface area contributed by atoms with E-state index in [1.807, 2.05) is 19.9 Å². The molecule has 1 aliphatic rings. The number of hydrogen-bond acceptors (Lipinski definition) is 9. The quantitative estimate of drug-likeness (QED) is 0.226. The number of nitrogen functional groups attached to an aromatic ring is 1. The Kier molecular flexibility index (Phi) is 8.16. The zero-order valence-electron chi connectivity index (χ0n) is 21.8. The molecule has 0 amide bonds. The molecule has 0 spiro atoms. The number of rotatable bonds is 9. The van der Waals surface area contributed by atoms with Crippen LogP contribution >= 0.6 is 0 Å². The number of fused-ring (bicyclic) bond motifs is 1. The van der Waals surface area contributed by atoms with Crippen molar-refractivity contribution >= 4 is 23.1 Å². The normalized spacial score (nSPS) is 13.8. The van der Waals surface area contributed by atoms with Gasteiger partial charge in [0.1, 0.15) is 17.3 Å². The molecule has 2 aromatic heterocycles. The summed E-state index contributed by atoms with van der Waals surface area (Å²) in [5, 5.41) is 4.39. The van der Waals surface area contributed by atoms with Gasteiger partial charge in [0.15, 0.2) is 5.82 Å². The highest BCUT2D eigenvalue weighted by atomic mass is 19.1. The molecule has 37 heavy (non-hydrogen) atoms. The summed E-state index contributed by atoms with van der Waals surface area (Å²) in [6, 6.07) is 6.43. The summed E-state index contributed by atoms with van der Waals surface area (Å²) in [6.07, 6.45) is 3.02. The molecule has 11 heteroatoms. The van der Waals surface area contributed by atoms with Gasteiger partial charge in [0.25, 0.3) is 0 Å². The zero-order valence-corrected chi connectivity index (χ0v) is 21.8. The molecule has 1 aliphatic heterocycles. The molecule has 4 rings (SSSR count). The number of hydrogen-bond donors (Lipinski definition) is 3. The van der Waals surface area contributed by atoms with Gasteiger partial charge in [-0.1, -0.05) is 6.07 Å². The van der Waals surface area contributed by atoms with E-state index in [1.54, 1.807) is 0 Å². The summed E-state index contributed by atoms with van der Waals surface area (Å²) in [7, 11) is 4.17. The number of nitrogens with zero attached hydrogens (tertiary/aromatic N) is 6. The first-order chi connectivity index (χ1) is 17.6. The van der Waals surface area contributed by atoms with E-state index in [0.717, 1.165) is 57.0 Å². The molecule has 3 heterocycles. The molecule has 0 fully saturated rings. The van der Waals surface area contributed by atoms with Gasteiger partial charge in [0, 0.05) is 36.8 Å². The van der Waals surface area contributed by atoms with Gasteiger partial charge >= 0.3 is 0 Å². The van der Waals surface area contributed by atoms with Gasteiger partial charge in [-0.25, -0.2) is 29.6 Å². The standard InChI is InChI=1S/C26H35F2N9/c1-16(2)37(30)22-13-18(12-19(27)24(22)29)25-20(28)14-31-26(34-25)33-23-7-6-17-15-36(10-5-9-35(3)4)11-8-21(17)32-23/h6-7,12-14,16H,5,8-11,15,29-30H2,1-4H3,(H,31,32,33,34). The van der Waals surface area contributed by atoms with Crippen LogP contribution in [0.2, 0.25) is 0 Å². The molecule has 0 atom stereocenters. The first kappa shape index (κ1) is 26.6. The van der Waals surface area contributed by atoms with E-state index in [1.165, 1.54) is 16.6 Å². The average molecular weight is 512 g/mol. The molecule has 0 aliphatic carbocycles. The maximum atomic E-state index is 14.7. The predicted octanol–water partition coefficient (Wildman–Crippen LogP) is 3.54. The number of benzene rings is 1. The second kappa shape index (κ2) is 11.3. The summed E-state index contributed by atoms with van der Waals surface area (Å²) in [6.45, 7) is 7.62. The number of anilines is 4. The van der Waals surface area contributed by atoms with E-state index in [0.29, 0.717) is 5.82 Å². The second-order valence-electron chi connectivity index (χ2n) is 9.89. The van der Waals surface area contributed by atoms with Crippen LogP contribution in [-0.4, -0.2) is 64.5 Å². The molecule has 0 saturated carbocycles. The van der Waals surface area contributed by atoms with Crippen LogP contribution in [0.25, 0.3) is 11.3 Å². The van der Waals surface area contributed by atoms with Crippen LogP contribution < -0.4 is 21.9 Å². The molecule has 0 saturated heterocycles. The Balaban J connectivity index is 1.53. The fourth-order valence-electron chi connectivity index (χ4n) is 4.32. The summed E-state index contributed by atoms with van der Waals surface area (Å²) >= 11 is 0. The fourth-order valence-corrected chi connectivity index (χ4v) is 4.32. The average Bonchev–Trinajstić information content (AvgIpc) is 2.86. The Labute approximate surface area is 216 Å². The highest BCUT2D eigenvalue weighted by Gasteiger charge is 2.20. The minimum absolute atomic E-state index is 0.0684. The molecule has 198 valence electrons. The van der Waals surface area contributed by atoms with Gasteiger partial charge in [-0.05, 0) is 71.2 Å². The van der Waals surface area contributed by atoms with E-state index in [9.17, 15) is 8.78 Å². The molecule has 3 aromatic rings. The van der Waals surface area contributed by atoms with E-state index in [4.69, 9.17) is 16.6 Å². The number of halogens is 2. The van der Waals surface area contributed by atoms with Crippen molar-refractivity contribution in [2.24, 2.45) is 5.84 Å². The lowest BCUT2D eigenvalue weighted by molar-refractivity contribution is 0.236. The number of nitrogens with two attached hydrogens (primary N) is 2. The van der Waals surface area contributed by atoms with Crippen molar-refractivity contribution in [3.8, 4) is 11.3 Å².